The fraction of sp³-hybridized carbons (Fsp3) is 0.381. The lowest BCUT2D eigenvalue weighted by Crippen LogP contribution is -2.33. The second-order valence-corrected chi connectivity index (χ2v) is 9.09. The molecule has 28 heavy (non-hydrogen) atoms. The number of benzene rings is 1. The second-order valence-electron chi connectivity index (χ2n) is 7.25. The lowest BCUT2D eigenvalue weighted by atomic mass is 10.1. The quantitative estimate of drug-likeness (QED) is 0.633. The van der Waals surface area contributed by atoms with Crippen molar-refractivity contribution < 1.29 is 4.79 Å². The number of rotatable bonds is 6. The number of thioether (sulfide) groups is 1. The molecule has 146 valence electrons. The Morgan fingerprint density at radius 3 is 2.79 bits per heavy atom. The number of carbonyl (C=O) groups excluding carboxylic acids is 1. The van der Waals surface area contributed by atoms with Gasteiger partial charge in [-0.15, -0.1) is 23.1 Å². The topological polar surface area (TPSA) is 74.8 Å². The Labute approximate surface area is 172 Å². The number of aromatic nitrogens is 2. The molecule has 4 rings (SSSR count). The lowest BCUT2D eigenvalue weighted by Gasteiger charge is -2.11. The predicted octanol–water partition coefficient (Wildman–Crippen LogP) is 4.25. The zero-order valence-corrected chi connectivity index (χ0v) is 17.4. The molecular weight excluding hydrogens is 390 g/mol. The highest BCUT2D eigenvalue weighted by Gasteiger charge is 2.17. The maximum atomic E-state index is 12.7. The number of H-pyrrole nitrogens is 1. The van der Waals surface area contributed by atoms with Gasteiger partial charge in [-0.25, -0.2) is 4.98 Å². The van der Waals surface area contributed by atoms with Gasteiger partial charge in [0, 0.05) is 17.0 Å². The molecule has 0 radical (unpaired) electrons. The molecule has 0 atom stereocenters. The molecule has 0 aliphatic heterocycles. The van der Waals surface area contributed by atoms with Crippen LogP contribution in [0.1, 0.15) is 37.1 Å². The van der Waals surface area contributed by atoms with Gasteiger partial charge < -0.3 is 10.3 Å². The summed E-state index contributed by atoms with van der Waals surface area (Å²) in [5, 5.41) is 5.71. The van der Waals surface area contributed by atoms with Crippen LogP contribution >= 0.6 is 23.1 Å². The number of aromatic amines is 1. The molecule has 7 heteroatoms. The Kier molecular flexibility index (Phi) is 5.82. The Balaban J connectivity index is 1.44. The maximum absolute atomic E-state index is 12.7. The molecule has 2 aromatic heterocycles. The highest BCUT2D eigenvalue weighted by Crippen LogP contribution is 2.31. The van der Waals surface area contributed by atoms with Gasteiger partial charge in [-0.05, 0) is 25.3 Å². The van der Waals surface area contributed by atoms with Crippen molar-refractivity contribution in [3.05, 3.63) is 51.4 Å². The normalized spacial score (nSPS) is 14.6. The van der Waals surface area contributed by atoms with Crippen LogP contribution in [0.4, 0.5) is 0 Å². The minimum absolute atomic E-state index is 0.0677. The molecule has 5 nitrogen and oxygen atoms in total. The predicted molar refractivity (Wildman–Crippen MR) is 117 cm³/mol. The van der Waals surface area contributed by atoms with E-state index in [1.165, 1.54) is 41.5 Å². The molecule has 0 saturated heterocycles. The van der Waals surface area contributed by atoms with Gasteiger partial charge >= 0.3 is 0 Å². The molecule has 0 unspecified atom stereocenters. The average molecular weight is 414 g/mol. The van der Waals surface area contributed by atoms with E-state index in [-0.39, 0.29) is 11.5 Å². The van der Waals surface area contributed by atoms with Crippen LogP contribution in [0.2, 0.25) is 0 Å². The summed E-state index contributed by atoms with van der Waals surface area (Å²) in [7, 11) is 0. The molecule has 1 fully saturated rings. The largest absolute Gasteiger partial charge is 0.353 e. The van der Waals surface area contributed by atoms with Crippen molar-refractivity contribution in [2.45, 2.75) is 44.4 Å². The number of amides is 1. The number of nitrogens with one attached hydrogen (secondary N) is 2. The fourth-order valence-electron chi connectivity index (χ4n) is 3.59. The van der Waals surface area contributed by atoms with Crippen molar-refractivity contribution in [3.63, 3.8) is 0 Å². The minimum Gasteiger partial charge on any atom is -0.353 e. The molecule has 0 bridgehead atoms. The zero-order chi connectivity index (χ0) is 19.5. The van der Waals surface area contributed by atoms with Gasteiger partial charge in [0.1, 0.15) is 10.7 Å². The van der Waals surface area contributed by atoms with Gasteiger partial charge in [-0.1, -0.05) is 42.7 Å². The smallest absolute Gasteiger partial charge is 0.260 e. The molecule has 1 aliphatic rings. The van der Waals surface area contributed by atoms with Crippen LogP contribution in [0.25, 0.3) is 21.3 Å². The maximum Gasteiger partial charge on any atom is 0.260 e. The van der Waals surface area contributed by atoms with Crippen LogP contribution in [-0.4, -0.2) is 27.7 Å². The molecular formula is C21H23N3O2S2. The summed E-state index contributed by atoms with van der Waals surface area (Å²) in [6, 6.07) is 8.49. The Morgan fingerprint density at radius 1 is 1.29 bits per heavy atom. The lowest BCUT2D eigenvalue weighted by molar-refractivity contribution is -0.119. The molecule has 1 saturated carbocycles. The summed E-state index contributed by atoms with van der Waals surface area (Å²) < 4.78 is 0. The monoisotopic (exact) mass is 413 g/mol. The Hall–Kier alpha value is -2.12. The average Bonchev–Trinajstić information content (AvgIpc) is 3.32. The molecule has 2 N–H and O–H groups in total. The molecule has 0 spiro atoms. The summed E-state index contributed by atoms with van der Waals surface area (Å²) in [5.74, 6) is 1.59. The third-order valence-corrected chi connectivity index (χ3v) is 6.86. The molecule has 3 aromatic rings. The summed E-state index contributed by atoms with van der Waals surface area (Å²) in [5.41, 5.74) is 3.01. The number of hydrogen-bond acceptors (Lipinski definition) is 5. The van der Waals surface area contributed by atoms with E-state index in [4.69, 9.17) is 0 Å². The van der Waals surface area contributed by atoms with Gasteiger partial charge in [-0.2, -0.15) is 0 Å². The number of nitrogens with zero attached hydrogens (tertiary/aromatic N) is 1. The van der Waals surface area contributed by atoms with Gasteiger partial charge in [0.15, 0.2) is 0 Å². The van der Waals surface area contributed by atoms with Crippen molar-refractivity contribution in [1.82, 2.24) is 15.3 Å². The first-order valence-corrected chi connectivity index (χ1v) is 11.6. The number of aryl methyl sites for hydroxylation is 1. The Bertz CT molecular complexity index is 1030. The first-order chi connectivity index (χ1) is 13.6. The summed E-state index contributed by atoms with van der Waals surface area (Å²) >= 11 is 2.96. The van der Waals surface area contributed by atoms with E-state index in [9.17, 15) is 9.59 Å². The highest BCUT2D eigenvalue weighted by molar-refractivity contribution is 7.99. The van der Waals surface area contributed by atoms with Crippen LogP contribution in [0.5, 0.6) is 0 Å². The van der Waals surface area contributed by atoms with Crippen molar-refractivity contribution >= 4 is 39.2 Å². The van der Waals surface area contributed by atoms with E-state index in [0.29, 0.717) is 28.8 Å². The van der Waals surface area contributed by atoms with Crippen LogP contribution in [0, 0.1) is 6.92 Å². The summed E-state index contributed by atoms with van der Waals surface area (Å²) in [4.78, 5) is 32.9. The third-order valence-electron chi connectivity index (χ3n) is 5.05. The van der Waals surface area contributed by atoms with E-state index in [0.717, 1.165) is 28.8 Å². The number of thiophene rings is 1. The molecule has 1 aliphatic carbocycles. The molecule has 2 heterocycles. The molecule has 1 amide bonds. The van der Waals surface area contributed by atoms with Crippen LogP contribution in [0.15, 0.2) is 34.4 Å². The zero-order valence-electron chi connectivity index (χ0n) is 15.8. The first kappa shape index (κ1) is 19.2. The first-order valence-electron chi connectivity index (χ1n) is 9.54. The van der Waals surface area contributed by atoms with E-state index < -0.39 is 0 Å². The van der Waals surface area contributed by atoms with Crippen molar-refractivity contribution in [3.8, 4) is 11.1 Å². The SMILES string of the molecule is Cc1ccc(-c2csc3nc(CSCC(=O)NC4CCCC4)[nH]c(=O)c23)cc1. The fourth-order valence-corrected chi connectivity index (χ4v) is 5.25. The van der Waals surface area contributed by atoms with Gasteiger partial charge in [0.2, 0.25) is 5.91 Å². The van der Waals surface area contributed by atoms with Gasteiger partial charge in [0.25, 0.3) is 5.56 Å². The highest BCUT2D eigenvalue weighted by atomic mass is 32.2. The van der Waals surface area contributed by atoms with Crippen molar-refractivity contribution in [1.29, 1.82) is 0 Å². The van der Waals surface area contributed by atoms with E-state index >= 15 is 0 Å². The number of hydrogen-bond donors (Lipinski definition) is 2. The van der Waals surface area contributed by atoms with Crippen molar-refractivity contribution in [2.75, 3.05) is 5.75 Å². The van der Waals surface area contributed by atoms with Crippen LogP contribution < -0.4 is 10.9 Å². The van der Waals surface area contributed by atoms with Gasteiger partial charge in [-0.3, -0.25) is 9.59 Å². The van der Waals surface area contributed by atoms with Crippen molar-refractivity contribution in [2.24, 2.45) is 0 Å². The minimum atomic E-state index is -0.118. The van der Waals surface area contributed by atoms with E-state index in [1.54, 1.807) is 0 Å². The van der Waals surface area contributed by atoms with Crippen LogP contribution in [-0.2, 0) is 10.5 Å². The second kappa shape index (κ2) is 8.49. The standard InChI is InChI=1S/C21H23N3O2S2/c1-13-6-8-14(9-7-13)16-10-28-21-19(16)20(26)23-17(24-21)11-27-12-18(25)22-15-4-2-3-5-15/h6-10,15H,2-5,11-12H2,1H3,(H,22,25)(H,23,24,26). The molecule has 1 aromatic carbocycles. The van der Waals surface area contributed by atoms with Gasteiger partial charge in [0.05, 0.1) is 16.9 Å². The third kappa shape index (κ3) is 4.31. The van der Waals surface area contributed by atoms with Crippen LogP contribution in [0.3, 0.4) is 0 Å². The number of fused-ring (bicyclic) bond motifs is 1. The van der Waals surface area contributed by atoms with E-state index in [2.05, 4.69) is 15.3 Å². The number of carbonyl (C=O) groups is 1. The Morgan fingerprint density at radius 2 is 2.04 bits per heavy atom. The van der Waals surface area contributed by atoms with E-state index in [1.807, 2.05) is 36.6 Å². The summed E-state index contributed by atoms with van der Waals surface area (Å²) in [6.45, 7) is 2.04. The summed E-state index contributed by atoms with van der Waals surface area (Å²) in [6.07, 6.45) is 4.58.